The molecule has 0 spiro atoms. The molecule has 0 unspecified atom stereocenters. The van der Waals surface area contributed by atoms with Gasteiger partial charge in [0.15, 0.2) is 5.03 Å². The van der Waals surface area contributed by atoms with Gasteiger partial charge < -0.3 is 4.40 Å². The summed E-state index contributed by atoms with van der Waals surface area (Å²) in [6.45, 7) is 3.81. The van der Waals surface area contributed by atoms with Crippen molar-refractivity contribution in [3.05, 3.63) is 29.7 Å². The molecule has 0 amide bonds. The maximum Gasteiger partial charge on any atom is 0.257 e. The zero-order valence-corrected chi connectivity index (χ0v) is 9.95. The lowest BCUT2D eigenvalue weighted by molar-refractivity contribution is 0.595. The Morgan fingerprint density at radius 3 is 2.75 bits per heavy atom. The van der Waals surface area contributed by atoms with Gasteiger partial charge in [0.25, 0.3) is 10.0 Å². The average Bonchev–Trinajstić information content (AvgIpc) is 2.54. The molecule has 2 heterocycles. The number of hydrogen-bond donors (Lipinski definition) is 1. The molecule has 0 radical (unpaired) electrons. The number of aryl methyl sites for hydroxylation is 2. The lowest BCUT2D eigenvalue weighted by atomic mass is 10.3. The molecule has 5 nitrogen and oxygen atoms in total. The van der Waals surface area contributed by atoms with E-state index in [1.165, 1.54) is 0 Å². The third-order valence-electron chi connectivity index (χ3n) is 2.42. The zero-order valence-electron chi connectivity index (χ0n) is 9.14. The summed E-state index contributed by atoms with van der Waals surface area (Å²) in [4.78, 5) is 4.07. The Hall–Kier alpha value is -1.40. The molecule has 2 N–H and O–H groups in total. The molecule has 0 atom stereocenters. The van der Waals surface area contributed by atoms with Crippen LogP contribution in [0.2, 0.25) is 0 Å². The van der Waals surface area contributed by atoms with Gasteiger partial charge in [-0.1, -0.05) is 6.92 Å². The molecule has 2 aromatic rings. The summed E-state index contributed by atoms with van der Waals surface area (Å²) in [6.07, 6.45) is 2.46. The topological polar surface area (TPSA) is 77.5 Å². The molecule has 0 fully saturated rings. The number of fused-ring (bicyclic) bond motifs is 1. The maximum atomic E-state index is 11.4. The van der Waals surface area contributed by atoms with Crippen LogP contribution in [-0.4, -0.2) is 17.8 Å². The lowest BCUT2D eigenvalue weighted by Gasteiger charge is -1.99. The molecule has 0 aliphatic carbocycles. The molecule has 0 aliphatic heterocycles. The van der Waals surface area contributed by atoms with E-state index in [2.05, 4.69) is 4.98 Å². The fraction of sp³-hybridized carbons (Fsp3) is 0.300. The van der Waals surface area contributed by atoms with Crippen LogP contribution in [0.1, 0.15) is 18.3 Å². The molecule has 2 aromatic heterocycles. The van der Waals surface area contributed by atoms with Crippen molar-refractivity contribution in [3.63, 3.8) is 0 Å². The number of rotatable bonds is 2. The van der Waals surface area contributed by atoms with E-state index in [0.717, 1.165) is 5.56 Å². The number of hydrogen-bond acceptors (Lipinski definition) is 3. The number of nitrogens with zero attached hydrogens (tertiary/aromatic N) is 2. The minimum atomic E-state index is -3.77. The van der Waals surface area contributed by atoms with Crippen LogP contribution in [0, 0.1) is 6.92 Å². The quantitative estimate of drug-likeness (QED) is 0.844. The van der Waals surface area contributed by atoms with E-state index in [4.69, 9.17) is 5.14 Å². The SMILES string of the molecule is CCc1nc(S(N)(=O)=O)c2cc(C)ccn12. The Bertz CT molecular complexity index is 643. The standard InChI is InChI=1S/C10H13N3O2S/c1-3-9-12-10(16(11,14)15)8-6-7(2)4-5-13(8)9/h4-6H,3H2,1-2H3,(H2,11,14,15). The predicted molar refractivity (Wildman–Crippen MR) is 60.7 cm³/mol. The van der Waals surface area contributed by atoms with E-state index in [1.807, 2.05) is 26.1 Å². The minimum Gasteiger partial charge on any atom is -0.302 e. The van der Waals surface area contributed by atoms with Gasteiger partial charge in [-0.3, -0.25) is 0 Å². The second kappa shape index (κ2) is 3.57. The number of sulfonamides is 1. The zero-order chi connectivity index (χ0) is 11.9. The van der Waals surface area contributed by atoms with Gasteiger partial charge in [0, 0.05) is 12.6 Å². The molecule has 0 bridgehead atoms. The van der Waals surface area contributed by atoms with E-state index >= 15 is 0 Å². The number of pyridine rings is 1. The summed E-state index contributed by atoms with van der Waals surface area (Å²) in [5.41, 5.74) is 1.51. The number of imidazole rings is 1. The highest BCUT2D eigenvalue weighted by molar-refractivity contribution is 7.89. The molecule has 0 saturated carbocycles. The molecule has 16 heavy (non-hydrogen) atoms. The Balaban J connectivity index is 2.90. The normalized spacial score (nSPS) is 12.2. The Morgan fingerprint density at radius 1 is 1.50 bits per heavy atom. The highest BCUT2D eigenvalue weighted by Gasteiger charge is 2.18. The third kappa shape index (κ3) is 1.70. The van der Waals surface area contributed by atoms with E-state index < -0.39 is 10.0 Å². The van der Waals surface area contributed by atoms with Crippen molar-refractivity contribution in [2.75, 3.05) is 0 Å². The average molecular weight is 239 g/mol. The van der Waals surface area contributed by atoms with Crippen molar-refractivity contribution in [3.8, 4) is 0 Å². The van der Waals surface area contributed by atoms with Crippen molar-refractivity contribution in [2.24, 2.45) is 5.14 Å². The van der Waals surface area contributed by atoms with E-state index in [-0.39, 0.29) is 5.03 Å². The summed E-state index contributed by atoms with van der Waals surface area (Å²) >= 11 is 0. The van der Waals surface area contributed by atoms with E-state index in [9.17, 15) is 8.42 Å². The predicted octanol–water partition coefficient (Wildman–Crippen LogP) is 0.853. The van der Waals surface area contributed by atoms with Crippen LogP contribution in [0.3, 0.4) is 0 Å². The van der Waals surface area contributed by atoms with E-state index in [1.54, 1.807) is 10.5 Å². The Labute approximate surface area is 94.0 Å². The van der Waals surface area contributed by atoms with Crippen molar-refractivity contribution in [1.82, 2.24) is 9.38 Å². The Kier molecular flexibility index (Phi) is 2.47. The van der Waals surface area contributed by atoms with Crippen LogP contribution >= 0.6 is 0 Å². The molecule has 6 heteroatoms. The van der Waals surface area contributed by atoms with Gasteiger partial charge in [-0.05, 0) is 24.6 Å². The second-order valence-corrected chi connectivity index (χ2v) is 5.17. The first-order chi connectivity index (χ1) is 7.43. The van der Waals surface area contributed by atoms with E-state index in [0.29, 0.717) is 17.8 Å². The maximum absolute atomic E-state index is 11.4. The molecule has 0 aromatic carbocycles. The summed E-state index contributed by atoms with van der Waals surface area (Å²) in [5, 5.41) is 5.09. The first-order valence-corrected chi connectivity index (χ1v) is 6.48. The highest BCUT2D eigenvalue weighted by atomic mass is 32.2. The minimum absolute atomic E-state index is 0.0481. The van der Waals surface area contributed by atoms with Crippen molar-refractivity contribution >= 4 is 15.5 Å². The molecule has 86 valence electrons. The summed E-state index contributed by atoms with van der Waals surface area (Å²) in [6, 6.07) is 3.67. The first kappa shape index (κ1) is 11.1. The summed E-state index contributed by atoms with van der Waals surface area (Å²) in [7, 11) is -3.77. The monoisotopic (exact) mass is 239 g/mol. The fourth-order valence-corrected chi connectivity index (χ4v) is 2.36. The van der Waals surface area contributed by atoms with Crippen LogP contribution in [0.5, 0.6) is 0 Å². The molecular formula is C10H13N3O2S. The largest absolute Gasteiger partial charge is 0.302 e. The highest BCUT2D eigenvalue weighted by Crippen LogP contribution is 2.18. The first-order valence-electron chi connectivity index (χ1n) is 4.94. The van der Waals surface area contributed by atoms with Gasteiger partial charge in [0.1, 0.15) is 5.82 Å². The summed E-state index contributed by atoms with van der Waals surface area (Å²) < 4.78 is 24.5. The van der Waals surface area contributed by atoms with Gasteiger partial charge in [-0.2, -0.15) is 0 Å². The van der Waals surface area contributed by atoms with Crippen molar-refractivity contribution < 1.29 is 8.42 Å². The van der Waals surface area contributed by atoms with Crippen LogP contribution in [0.15, 0.2) is 23.4 Å². The van der Waals surface area contributed by atoms with Gasteiger partial charge >= 0.3 is 0 Å². The Morgan fingerprint density at radius 2 is 2.19 bits per heavy atom. The molecule has 0 aliphatic rings. The number of nitrogens with two attached hydrogens (primary N) is 1. The van der Waals surface area contributed by atoms with Crippen LogP contribution in [0.25, 0.3) is 5.52 Å². The van der Waals surface area contributed by atoms with Crippen LogP contribution in [-0.2, 0) is 16.4 Å². The summed E-state index contributed by atoms with van der Waals surface area (Å²) in [5.74, 6) is 0.694. The van der Waals surface area contributed by atoms with Gasteiger partial charge in [-0.25, -0.2) is 18.5 Å². The molecule has 2 rings (SSSR count). The second-order valence-electron chi connectivity index (χ2n) is 3.69. The number of primary sulfonamides is 1. The van der Waals surface area contributed by atoms with Crippen LogP contribution in [0.4, 0.5) is 0 Å². The molecule has 0 saturated heterocycles. The smallest absolute Gasteiger partial charge is 0.257 e. The third-order valence-corrected chi connectivity index (χ3v) is 3.26. The molecular weight excluding hydrogens is 226 g/mol. The van der Waals surface area contributed by atoms with Crippen molar-refractivity contribution in [2.45, 2.75) is 25.3 Å². The fourth-order valence-electron chi connectivity index (χ4n) is 1.68. The lowest BCUT2D eigenvalue weighted by Crippen LogP contribution is -2.13. The van der Waals surface area contributed by atoms with Crippen LogP contribution < -0.4 is 5.14 Å². The van der Waals surface area contributed by atoms with Gasteiger partial charge in [0.05, 0.1) is 5.52 Å². The van der Waals surface area contributed by atoms with Gasteiger partial charge in [0.2, 0.25) is 0 Å². The van der Waals surface area contributed by atoms with Crippen molar-refractivity contribution in [1.29, 1.82) is 0 Å². The number of aromatic nitrogens is 2. The van der Waals surface area contributed by atoms with Gasteiger partial charge in [-0.15, -0.1) is 0 Å².